The molecule has 0 radical (unpaired) electrons. The quantitative estimate of drug-likeness (QED) is 0.181. The third-order valence-corrected chi connectivity index (χ3v) is 5.98. The number of benzene rings is 2. The molecule has 0 aliphatic rings. The Morgan fingerprint density at radius 3 is 1.03 bits per heavy atom. The third-order valence-electron chi connectivity index (χ3n) is 5.98. The van der Waals surface area contributed by atoms with Crippen LogP contribution in [0.2, 0.25) is 0 Å². The second kappa shape index (κ2) is 20.4. The zero-order chi connectivity index (χ0) is 23.7. The van der Waals surface area contributed by atoms with Gasteiger partial charge in [-0.2, -0.15) is 0 Å². The van der Waals surface area contributed by atoms with Crippen LogP contribution in [-0.2, 0) is 0 Å². The number of halogens is 2. The highest BCUT2D eigenvalue weighted by molar-refractivity contribution is 5.85. The van der Waals surface area contributed by atoms with Crippen LogP contribution in [0.15, 0.2) is 48.5 Å². The summed E-state index contributed by atoms with van der Waals surface area (Å²) in [5.41, 5.74) is 2.55. The van der Waals surface area contributed by atoms with Crippen LogP contribution in [0.1, 0.15) is 79.1 Å². The molecule has 2 rings (SSSR count). The summed E-state index contributed by atoms with van der Waals surface area (Å²) < 4.78 is 11.7. The first kappa shape index (κ1) is 33.2. The molecule has 0 N–H and O–H groups in total. The lowest BCUT2D eigenvalue weighted by molar-refractivity contribution is 0.120. The van der Waals surface area contributed by atoms with E-state index in [2.05, 4.69) is 61.8 Å². The van der Waals surface area contributed by atoms with E-state index in [1.807, 2.05) is 24.3 Å². The molecular formula is C29H48Cl2N2O2. The molecule has 0 atom stereocenters. The van der Waals surface area contributed by atoms with E-state index in [9.17, 15) is 0 Å². The first-order valence-corrected chi connectivity index (χ1v) is 13.2. The average Bonchev–Trinajstić information content (AvgIpc) is 2.85. The van der Waals surface area contributed by atoms with Gasteiger partial charge in [0.15, 0.2) is 0 Å². The number of ether oxygens (including phenoxy) is 2. The van der Waals surface area contributed by atoms with Gasteiger partial charge >= 0.3 is 0 Å². The maximum Gasteiger partial charge on any atom is 0.230 e. The van der Waals surface area contributed by atoms with Gasteiger partial charge in [0.05, 0.1) is 0 Å². The first-order chi connectivity index (χ1) is 16.2. The average molecular weight is 528 g/mol. The molecule has 0 aliphatic carbocycles. The number of anilines is 2. The first-order valence-electron chi connectivity index (χ1n) is 13.2. The molecule has 0 spiro atoms. The third kappa shape index (κ3) is 12.7. The van der Waals surface area contributed by atoms with Crippen LogP contribution in [0, 0.1) is 0 Å². The van der Waals surface area contributed by atoms with Crippen molar-refractivity contribution in [1.29, 1.82) is 0 Å². The summed E-state index contributed by atoms with van der Waals surface area (Å²) in [6, 6.07) is 16.8. The predicted molar refractivity (Wildman–Crippen MR) is 158 cm³/mol. The molecule has 2 aromatic rings. The van der Waals surface area contributed by atoms with E-state index in [1.54, 1.807) is 0 Å². The Kier molecular flexibility index (Phi) is 19.4. The van der Waals surface area contributed by atoms with Gasteiger partial charge in [-0.3, -0.25) is 0 Å². The topological polar surface area (TPSA) is 24.9 Å². The van der Waals surface area contributed by atoms with Crippen LogP contribution >= 0.6 is 24.8 Å². The number of rotatable bonds is 18. The lowest BCUT2D eigenvalue weighted by Gasteiger charge is -2.25. The van der Waals surface area contributed by atoms with Gasteiger partial charge in [-0.05, 0) is 74.2 Å². The molecule has 0 saturated carbocycles. The van der Waals surface area contributed by atoms with Crippen molar-refractivity contribution in [2.24, 2.45) is 0 Å². The Hall–Kier alpha value is -1.78. The standard InChI is InChI=1S/C29H46N2O2.2ClH/c1-5-9-21-30(22-10-6-2)26-13-17-28(18-14-26)32-25-33-29-19-15-27(16-20-29)31(23-11-7-3)24-12-8-4;;/h13-20H,5-12,21-25H2,1-4H3;2*1H. The highest BCUT2D eigenvalue weighted by Gasteiger charge is 2.07. The molecule has 0 amide bonds. The fourth-order valence-corrected chi connectivity index (χ4v) is 3.81. The fraction of sp³-hybridized carbons (Fsp3) is 0.586. The molecule has 35 heavy (non-hydrogen) atoms. The van der Waals surface area contributed by atoms with Crippen LogP contribution in [0.5, 0.6) is 11.5 Å². The normalized spacial score (nSPS) is 10.2. The van der Waals surface area contributed by atoms with Gasteiger partial charge in [0.1, 0.15) is 11.5 Å². The zero-order valence-corrected chi connectivity index (χ0v) is 24.0. The van der Waals surface area contributed by atoms with E-state index in [1.165, 1.54) is 62.7 Å². The molecule has 0 fully saturated rings. The molecule has 6 heteroatoms. The lowest BCUT2D eigenvalue weighted by Crippen LogP contribution is -2.25. The van der Waals surface area contributed by atoms with Crippen LogP contribution in [-0.4, -0.2) is 33.0 Å². The van der Waals surface area contributed by atoms with E-state index in [0.29, 0.717) is 0 Å². The Bertz CT molecular complexity index is 662. The highest BCUT2D eigenvalue weighted by atomic mass is 35.5. The zero-order valence-electron chi connectivity index (χ0n) is 22.3. The summed E-state index contributed by atoms with van der Waals surface area (Å²) in [6.07, 6.45) is 9.78. The Morgan fingerprint density at radius 2 is 0.771 bits per heavy atom. The summed E-state index contributed by atoms with van der Waals surface area (Å²) in [5.74, 6) is 1.68. The minimum absolute atomic E-state index is 0. The van der Waals surface area contributed by atoms with E-state index >= 15 is 0 Å². The Morgan fingerprint density at radius 1 is 0.486 bits per heavy atom. The van der Waals surface area contributed by atoms with Crippen LogP contribution < -0.4 is 19.3 Å². The summed E-state index contributed by atoms with van der Waals surface area (Å²) in [7, 11) is 0. The minimum atomic E-state index is 0. The van der Waals surface area contributed by atoms with Gasteiger partial charge in [0.2, 0.25) is 6.79 Å². The molecule has 0 aromatic heterocycles. The lowest BCUT2D eigenvalue weighted by atomic mass is 10.2. The van der Waals surface area contributed by atoms with Crippen molar-refractivity contribution in [1.82, 2.24) is 0 Å². The predicted octanol–water partition coefficient (Wildman–Crippen LogP) is 8.76. The van der Waals surface area contributed by atoms with E-state index in [0.717, 1.165) is 37.7 Å². The maximum atomic E-state index is 5.84. The van der Waals surface area contributed by atoms with Crippen molar-refractivity contribution < 1.29 is 9.47 Å². The fourth-order valence-electron chi connectivity index (χ4n) is 3.81. The van der Waals surface area contributed by atoms with Crippen LogP contribution in [0.4, 0.5) is 11.4 Å². The van der Waals surface area contributed by atoms with Crippen LogP contribution in [0.3, 0.4) is 0 Å². The molecule has 4 nitrogen and oxygen atoms in total. The molecular weight excluding hydrogens is 479 g/mol. The highest BCUT2D eigenvalue weighted by Crippen LogP contribution is 2.23. The number of hydrogen-bond acceptors (Lipinski definition) is 4. The van der Waals surface area contributed by atoms with Crippen molar-refractivity contribution in [3.63, 3.8) is 0 Å². The van der Waals surface area contributed by atoms with Gasteiger partial charge in [-0.1, -0.05) is 53.4 Å². The molecule has 0 unspecified atom stereocenters. The van der Waals surface area contributed by atoms with E-state index in [4.69, 9.17) is 9.47 Å². The van der Waals surface area contributed by atoms with E-state index < -0.39 is 0 Å². The monoisotopic (exact) mass is 526 g/mol. The SMILES string of the molecule is CCCCN(CCCC)c1ccc(OCOc2ccc(N(CCCC)CCCC)cc2)cc1.Cl.Cl. The van der Waals surface area contributed by atoms with Crippen molar-refractivity contribution in [2.45, 2.75) is 79.1 Å². The largest absolute Gasteiger partial charge is 0.458 e. The molecule has 200 valence electrons. The van der Waals surface area contributed by atoms with Gasteiger partial charge in [0, 0.05) is 37.6 Å². The van der Waals surface area contributed by atoms with Gasteiger partial charge < -0.3 is 19.3 Å². The van der Waals surface area contributed by atoms with Crippen molar-refractivity contribution in [3.05, 3.63) is 48.5 Å². The van der Waals surface area contributed by atoms with Gasteiger partial charge in [-0.15, -0.1) is 24.8 Å². The molecule has 2 aromatic carbocycles. The molecule has 0 bridgehead atoms. The summed E-state index contributed by atoms with van der Waals surface area (Å²) in [6.45, 7) is 13.7. The molecule has 0 saturated heterocycles. The van der Waals surface area contributed by atoms with Crippen LogP contribution in [0.25, 0.3) is 0 Å². The molecule has 0 aliphatic heterocycles. The number of hydrogen-bond donors (Lipinski definition) is 0. The Balaban J connectivity index is 0.00000578. The van der Waals surface area contributed by atoms with E-state index in [-0.39, 0.29) is 31.6 Å². The maximum absolute atomic E-state index is 5.84. The van der Waals surface area contributed by atoms with Crippen molar-refractivity contribution >= 4 is 36.2 Å². The second-order valence-corrected chi connectivity index (χ2v) is 8.78. The molecule has 0 heterocycles. The summed E-state index contributed by atoms with van der Waals surface area (Å²) in [4.78, 5) is 4.97. The number of unbranched alkanes of at least 4 members (excludes halogenated alkanes) is 4. The summed E-state index contributed by atoms with van der Waals surface area (Å²) in [5, 5.41) is 0. The smallest absolute Gasteiger partial charge is 0.230 e. The van der Waals surface area contributed by atoms with Gasteiger partial charge in [0.25, 0.3) is 0 Å². The van der Waals surface area contributed by atoms with Gasteiger partial charge in [-0.25, -0.2) is 0 Å². The minimum Gasteiger partial charge on any atom is -0.458 e. The van der Waals surface area contributed by atoms with Crippen molar-refractivity contribution in [3.8, 4) is 11.5 Å². The summed E-state index contributed by atoms with van der Waals surface area (Å²) >= 11 is 0. The van der Waals surface area contributed by atoms with Crippen molar-refractivity contribution in [2.75, 3.05) is 42.8 Å². The second-order valence-electron chi connectivity index (χ2n) is 8.78. The number of nitrogens with zero attached hydrogens (tertiary/aromatic N) is 2. The Labute approximate surface area is 227 Å².